The fourth-order valence-electron chi connectivity index (χ4n) is 3.23. The van der Waals surface area contributed by atoms with Crippen molar-refractivity contribution >= 4 is 22.6 Å². The number of carbonyl (C=O) groups is 2. The summed E-state index contributed by atoms with van der Waals surface area (Å²) in [4.78, 5) is 42.9. The minimum absolute atomic E-state index is 0.369. The number of ketones is 1. The minimum Gasteiger partial charge on any atom is -0.359 e. The number of nitrogens with zero attached hydrogens (tertiary/aromatic N) is 4. The summed E-state index contributed by atoms with van der Waals surface area (Å²) in [5, 5.41) is 3.88. The monoisotopic (exact) mass is 350 g/mol. The SMILES string of the molecule is Cc1cnc(-c2cnccn2)c2[nH]cc(C(=O)C(=O)N3CCNCC3)c12. The van der Waals surface area contributed by atoms with Crippen molar-refractivity contribution in [3.05, 3.63) is 42.1 Å². The van der Waals surface area contributed by atoms with E-state index < -0.39 is 11.7 Å². The number of hydrogen-bond acceptors (Lipinski definition) is 6. The van der Waals surface area contributed by atoms with E-state index in [1.807, 2.05) is 6.92 Å². The van der Waals surface area contributed by atoms with Gasteiger partial charge in [0, 0.05) is 56.4 Å². The van der Waals surface area contributed by atoms with Crippen LogP contribution in [-0.2, 0) is 4.79 Å². The maximum Gasteiger partial charge on any atom is 0.295 e. The standard InChI is InChI=1S/C18H18N6O2/c1-11-8-22-15(13-10-20-2-3-21-13)16-14(11)12(9-23-16)17(25)18(26)24-6-4-19-5-7-24/h2-3,8-10,19,23H,4-7H2,1H3. The third-order valence-corrected chi connectivity index (χ3v) is 4.55. The average molecular weight is 350 g/mol. The molecule has 0 aliphatic carbocycles. The number of H-pyrrole nitrogens is 1. The van der Waals surface area contributed by atoms with E-state index in [2.05, 4.69) is 25.3 Å². The normalized spacial score (nSPS) is 14.6. The van der Waals surface area contributed by atoms with Gasteiger partial charge in [0.2, 0.25) is 0 Å². The number of fused-ring (bicyclic) bond motifs is 1. The summed E-state index contributed by atoms with van der Waals surface area (Å²) < 4.78 is 0. The summed E-state index contributed by atoms with van der Waals surface area (Å²) in [6, 6.07) is 0. The molecule has 26 heavy (non-hydrogen) atoms. The fourth-order valence-corrected chi connectivity index (χ4v) is 3.23. The maximum atomic E-state index is 12.8. The molecular weight excluding hydrogens is 332 g/mol. The average Bonchev–Trinajstić information content (AvgIpc) is 3.14. The van der Waals surface area contributed by atoms with Gasteiger partial charge in [-0.2, -0.15) is 0 Å². The quantitative estimate of drug-likeness (QED) is 0.538. The highest BCUT2D eigenvalue weighted by Crippen LogP contribution is 2.29. The molecule has 0 saturated carbocycles. The van der Waals surface area contributed by atoms with Crippen LogP contribution < -0.4 is 5.32 Å². The Morgan fingerprint density at radius 3 is 2.65 bits per heavy atom. The number of aromatic nitrogens is 4. The first-order valence-electron chi connectivity index (χ1n) is 8.44. The van der Waals surface area contributed by atoms with Gasteiger partial charge in [-0.15, -0.1) is 0 Å². The van der Waals surface area contributed by atoms with Crippen molar-refractivity contribution in [2.45, 2.75) is 6.92 Å². The lowest BCUT2D eigenvalue weighted by atomic mass is 10.0. The van der Waals surface area contributed by atoms with Gasteiger partial charge in [0.15, 0.2) is 0 Å². The Hall–Kier alpha value is -3.13. The molecule has 0 radical (unpaired) electrons. The summed E-state index contributed by atoms with van der Waals surface area (Å²) in [5.41, 5.74) is 3.08. The Balaban J connectivity index is 1.77. The van der Waals surface area contributed by atoms with Crippen LogP contribution >= 0.6 is 0 Å². The second-order valence-corrected chi connectivity index (χ2v) is 6.20. The van der Waals surface area contributed by atoms with E-state index in [-0.39, 0.29) is 0 Å². The van der Waals surface area contributed by atoms with Crippen LogP contribution in [0.5, 0.6) is 0 Å². The Morgan fingerprint density at radius 2 is 1.92 bits per heavy atom. The molecule has 0 spiro atoms. The number of piperazine rings is 1. The Labute approximate surface area is 149 Å². The van der Waals surface area contributed by atoms with Crippen molar-refractivity contribution in [1.29, 1.82) is 0 Å². The highest BCUT2D eigenvalue weighted by atomic mass is 16.2. The van der Waals surface area contributed by atoms with E-state index >= 15 is 0 Å². The zero-order valence-electron chi connectivity index (χ0n) is 14.3. The van der Waals surface area contributed by atoms with Gasteiger partial charge in [-0.1, -0.05) is 0 Å². The van der Waals surface area contributed by atoms with Gasteiger partial charge in [-0.05, 0) is 12.5 Å². The first-order valence-corrected chi connectivity index (χ1v) is 8.44. The van der Waals surface area contributed by atoms with Gasteiger partial charge >= 0.3 is 0 Å². The highest BCUT2D eigenvalue weighted by molar-refractivity contribution is 6.45. The topological polar surface area (TPSA) is 104 Å². The summed E-state index contributed by atoms with van der Waals surface area (Å²) in [5.74, 6) is -0.970. The molecule has 1 aliphatic heterocycles. The third-order valence-electron chi connectivity index (χ3n) is 4.55. The lowest BCUT2D eigenvalue weighted by molar-refractivity contribution is -0.126. The second-order valence-electron chi connectivity index (χ2n) is 6.20. The van der Waals surface area contributed by atoms with Gasteiger partial charge in [0.05, 0.1) is 17.3 Å². The molecule has 3 aromatic rings. The summed E-state index contributed by atoms with van der Waals surface area (Å²) in [6.45, 7) is 4.35. The molecule has 0 atom stereocenters. The van der Waals surface area contributed by atoms with E-state index in [1.165, 1.54) is 0 Å². The van der Waals surface area contributed by atoms with Crippen LogP contribution in [-0.4, -0.2) is 62.7 Å². The number of hydrogen-bond donors (Lipinski definition) is 2. The van der Waals surface area contributed by atoms with Crippen LogP contribution in [0, 0.1) is 6.92 Å². The summed E-state index contributed by atoms with van der Waals surface area (Å²) in [6.07, 6.45) is 8.07. The molecule has 0 bridgehead atoms. The molecule has 0 unspecified atom stereocenters. The number of carbonyl (C=O) groups excluding carboxylic acids is 2. The number of pyridine rings is 1. The van der Waals surface area contributed by atoms with Crippen LogP contribution in [0.2, 0.25) is 0 Å². The number of Topliss-reactive ketones (excluding diaryl/α,β-unsaturated/α-hetero) is 1. The van der Waals surface area contributed by atoms with Gasteiger partial charge in [-0.25, -0.2) is 0 Å². The van der Waals surface area contributed by atoms with Crippen molar-refractivity contribution in [1.82, 2.24) is 30.2 Å². The van der Waals surface area contributed by atoms with Crippen molar-refractivity contribution in [2.75, 3.05) is 26.2 Å². The molecule has 1 saturated heterocycles. The molecule has 4 heterocycles. The highest BCUT2D eigenvalue weighted by Gasteiger charge is 2.27. The number of nitrogens with one attached hydrogen (secondary N) is 2. The van der Waals surface area contributed by atoms with E-state index in [4.69, 9.17) is 0 Å². The molecule has 2 N–H and O–H groups in total. The number of amides is 1. The van der Waals surface area contributed by atoms with Crippen molar-refractivity contribution in [3.63, 3.8) is 0 Å². The van der Waals surface area contributed by atoms with E-state index in [1.54, 1.807) is 35.9 Å². The molecule has 1 amide bonds. The molecule has 0 aromatic carbocycles. The number of aromatic amines is 1. The fraction of sp³-hybridized carbons (Fsp3) is 0.278. The lowest BCUT2D eigenvalue weighted by Crippen LogP contribution is -2.48. The zero-order valence-corrected chi connectivity index (χ0v) is 14.3. The first kappa shape index (κ1) is 16.3. The largest absolute Gasteiger partial charge is 0.359 e. The minimum atomic E-state index is -0.502. The van der Waals surface area contributed by atoms with E-state index in [9.17, 15) is 9.59 Å². The zero-order chi connectivity index (χ0) is 18.1. The molecule has 4 rings (SSSR count). The van der Waals surface area contributed by atoms with Crippen LogP contribution in [0.15, 0.2) is 31.0 Å². The predicted molar refractivity (Wildman–Crippen MR) is 95.6 cm³/mol. The Kier molecular flexibility index (Phi) is 4.18. The molecule has 1 fully saturated rings. The molecule has 1 aliphatic rings. The van der Waals surface area contributed by atoms with E-state index in [0.29, 0.717) is 54.0 Å². The molecule has 8 nitrogen and oxygen atoms in total. The molecule has 3 aromatic heterocycles. The van der Waals surface area contributed by atoms with Gasteiger partial charge in [0.25, 0.3) is 11.7 Å². The van der Waals surface area contributed by atoms with Crippen molar-refractivity contribution in [3.8, 4) is 11.4 Å². The maximum absolute atomic E-state index is 12.8. The van der Waals surface area contributed by atoms with Gasteiger partial charge in [-0.3, -0.25) is 24.5 Å². The van der Waals surface area contributed by atoms with Crippen LogP contribution in [0.1, 0.15) is 15.9 Å². The Bertz CT molecular complexity index is 976. The second kappa shape index (κ2) is 6.64. The summed E-state index contributed by atoms with van der Waals surface area (Å²) >= 11 is 0. The van der Waals surface area contributed by atoms with Crippen LogP contribution in [0.25, 0.3) is 22.3 Å². The Morgan fingerprint density at radius 1 is 1.12 bits per heavy atom. The van der Waals surface area contributed by atoms with Crippen LogP contribution in [0.3, 0.4) is 0 Å². The molecule has 132 valence electrons. The van der Waals surface area contributed by atoms with E-state index in [0.717, 1.165) is 5.56 Å². The third kappa shape index (κ3) is 2.74. The van der Waals surface area contributed by atoms with Gasteiger partial charge in [0.1, 0.15) is 11.4 Å². The molecular formula is C18H18N6O2. The smallest absolute Gasteiger partial charge is 0.295 e. The first-order chi connectivity index (χ1) is 12.7. The van der Waals surface area contributed by atoms with Crippen molar-refractivity contribution < 1.29 is 9.59 Å². The number of rotatable bonds is 3. The predicted octanol–water partition coefficient (Wildman–Crippen LogP) is 0.943. The van der Waals surface area contributed by atoms with Gasteiger partial charge < -0.3 is 15.2 Å². The summed E-state index contributed by atoms with van der Waals surface area (Å²) in [7, 11) is 0. The number of aryl methyl sites for hydroxylation is 1. The van der Waals surface area contributed by atoms with Crippen LogP contribution in [0.4, 0.5) is 0 Å². The molecule has 8 heteroatoms. The lowest BCUT2D eigenvalue weighted by Gasteiger charge is -2.26. The van der Waals surface area contributed by atoms with Crippen molar-refractivity contribution in [2.24, 2.45) is 0 Å².